The summed E-state index contributed by atoms with van der Waals surface area (Å²) in [5.74, 6) is -1.39. The average molecular weight is 434 g/mol. The van der Waals surface area contributed by atoms with Gasteiger partial charge in [-0.05, 0) is 50.6 Å². The number of benzene rings is 2. The third-order valence-electron chi connectivity index (χ3n) is 4.71. The van der Waals surface area contributed by atoms with Gasteiger partial charge < -0.3 is 14.8 Å². The second-order valence-electron chi connectivity index (χ2n) is 8.33. The Bertz CT molecular complexity index is 1130. The number of carbonyl (C=O) groups excluding carboxylic acids is 3. The highest BCUT2D eigenvalue weighted by Crippen LogP contribution is 2.17. The van der Waals surface area contributed by atoms with Crippen molar-refractivity contribution in [1.82, 2.24) is 10.3 Å². The Morgan fingerprint density at radius 1 is 1.00 bits per heavy atom. The van der Waals surface area contributed by atoms with E-state index in [1.165, 1.54) is 7.11 Å². The number of carbonyl (C=O) groups is 3. The number of hydrogen-bond acceptors (Lipinski definition) is 6. The molecule has 2 aromatic carbocycles. The minimum Gasteiger partial charge on any atom is -0.467 e. The van der Waals surface area contributed by atoms with Crippen molar-refractivity contribution < 1.29 is 23.9 Å². The van der Waals surface area contributed by atoms with Gasteiger partial charge in [0.1, 0.15) is 11.6 Å². The predicted octanol–water partition coefficient (Wildman–Crippen LogP) is 3.70. The average Bonchev–Trinajstić information content (AvgIpc) is 2.77. The first-order valence-corrected chi connectivity index (χ1v) is 10.2. The lowest BCUT2D eigenvalue weighted by Gasteiger charge is -2.20. The molecule has 0 fully saturated rings. The summed E-state index contributed by atoms with van der Waals surface area (Å²) in [6, 6.07) is 14.7. The molecule has 1 N–H and O–H groups in total. The van der Waals surface area contributed by atoms with Gasteiger partial charge in [0.15, 0.2) is 0 Å². The molecule has 0 spiro atoms. The van der Waals surface area contributed by atoms with Gasteiger partial charge in [0.05, 0.1) is 23.8 Å². The van der Waals surface area contributed by atoms with Gasteiger partial charge in [-0.25, -0.2) is 9.59 Å². The topological polar surface area (TPSA) is 94.6 Å². The van der Waals surface area contributed by atoms with Crippen LogP contribution in [-0.4, -0.2) is 41.6 Å². The monoisotopic (exact) mass is 434 g/mol. The minimum atomic E-state index is -0.896. The van der Waals surface area contributed by atoms with E-state index in [1.807, 2.05) is 18.2 Å². The molecule has 32 heavy (non-hydrogen) atoms. The van der Waals surface area contributed by atoms with E-state index in [1.54, 1.807) is 63.4 Å². The van der Waals surface area contributed by atoms with E-state index >= 15 is 0 Å². The van der Waals surface area contributed by atoms with E-state index in [2.05, 4.69) is 10.3 Å². The van der Waals surface area contributed by atoms with Crippen molar-refractivity contribution in [1.29, 1.82) is 0 Å². The second-order valence-corrected chi connectivity index (χ2v) is 8.33. The fourth-order valence-corrected chi connectivity index (χ4v) is 3.22. The van der Waals surface area contributed by atoms with Gasteiger partial charge in [-0.3, -0.25) is 9.78 Å². The van der Waals surface area contributed by atoms with Crippen LogP contribution < -0.4 is 5.32 Å². The lowest BCUT2D eigenvalue weighted by Crippen LogP contribution is -2.43. The summed E-state index contributed by atoms with van der Waals surface area (Å²) in [4.78, 5) is 41.8. The molecule has 0 bridgehead atoms. The molecule has 1 aromatic heterocycles. The van der Waals surface area contributed by atoms with E-state index in [4.69, 9.17) is 9.47 Å². The first-order chi connectivity index (χ1) is 15.2. The Kier molecular flexibility index (Phi) is 6.88. The Hall–Kier alpha value is -3.74. The van der Waals surface area contributed by atoms with E-state index in [9.17, 15) is 14.4 Å². The van der Waals surface area contributed by atoms with Crippen LogP contribution in [0.1, 0.15) is 47.1 Å². The smallest absolute Gasteiger partial charge is 0.338 e. The Labute approximate surface area is 186 Å². The highest BCUT2D eigenvalue weighted by atomic mass is 16.6. The number of rotatable bonds is 6. The quantitative estimate of drug-likeness (QED) is 0.595. The van der Waals surface area contributed by atoms with Crippen LogP contribution in [0.3, 0.4) is 0 Å². The number of aromatic nitrogens is 1. The maximum absolute atomic E-state index is 12.9. The number of pyridine rings is 1. The first-order valence-electron chi connectivity index (χ1n) is 10.2. The van der Waals surface area contributed by atoms with Gasteiger partial charge in [-0.2, -0.15) is 0 Å². The number of fused-ring (bicyclic) bond motifs is 1. The summed E-state index contributed by atoms with van der Waals surface area (Å²) < 4.78 is 10.2. The van der Waals surface area contributed by atoms with Crippen molar-refractivity contribution in [2.75, 3.05) is 7.11 Å². The van der Waals surface area contributed by atoms with Gasteiger partial charge >= 0.3 is 11.9 Å². The van der Waals surface area contributed by atoms with Crippen LogP contribution in [0.4, 0.5) is 0 Å². The van der Waals surface area contributed by atoms with Crippen molar-refractivity contribution in [3.05, 3.63) is 77.5 Å². The fraction of sp³-hybridized carbons (Fsp3) is 0.280. The molecule has 0 unspecified atom stereocenters. The van der Waals surface area contributed by atoms with Crippen molar-refractivity contribution >= 4 is 28.7 Å². The second kappa shape index (κ2) is 9.60. The summed E-state index contributed by atoms with van der Waals surface area (Å²) in [6.07, 6.45) is 1.76. The number of nitrogens with zero attached hydrogens (tertiary/aromatic N) is 1. The molecule has 0 saturated heterocycles. The maximum Gasteiger partial charge on any atom is 0.338 e. The standard InChI is InChI=1S/C25H26N2O5/c1-25(2,3)32-23(29)17-11-9-16(10-12-17)15-21(24(30)31-4)27-22(28)19-13-14-26-20-8-6-5-7-18(19)20/h5-14,21H,15H2,1-4H3,(H,27,28)/t21-/m0/s1. The molecule has 0 radical (unpaired) electrons. The zero-order valence-electron chi connectivity index (χ0n) is 18.5. The molecule has 7 heteroatoms. The van der Waals surface area contributed by atoms with E-state index < -0.39 is 29.5 Å². The van der Waals surface area contributed by atoms with Gasteiger partial charge in [0.2, 0.25) is 0 Å². The summed E-state index contributed by atoms with van der Waals surface area (Å²) in [5, 5.41) is 3.45. The van der Waals surface area contributed by atoms with E-state index in [0.717, 1.165) is 5.56 Å². The van der Waals surface area contributed by atoms with Crippen molar-refractivity contribution in [2.45, 2.75) is 38.8 Å². The molecule has 3 aromatic rings. The van der Waals surface area contributed by atoms with Crippen LogP contribution in [0.25, 0.3) is 10.9 Å². The van der Waals surface area contributed by atoms with Crippen LogP contribution in [-0.2, 0) is 20.7 Å². The van der Waals surface area contributed by atoms with E-state index in [-0.39, 0.29) is 6.42 Å². The van der Waals surface area contributed by atoms with Crippen molar-refractivity contribution in [3.63, 3.8) is 0 Å². The SMILES string of the molecule is COC(=O)[C@H](Cc1ccc(C(=O)OC(C)(C)C)cc1)NC(=O)c1ccnc2ccccc12. The molecule has 3 rings (SSSR count). The maximum atomic E-state index is 12.9. The largest absolute Gasteiger partial charge is 0.467 e. The zero-order valence-corrected chi connectivity index (χ0v) is 18.5. The number of hydrogen-bond donors (Lipinski definition) is 1. The highest BCUT2D eigenvalue weighted by Gasteiger charge is 2.24. The van der Waals surface area contributed by atoms with Crippen molar-refractivity contribution in [3.8, 4) is 0 Å². The number of amides is 1. The number of ether oxygens (including phenoxy) is 2. The van der Waals surface area contributed by atoms with Crippen LogP contribution in [0.5, 0.6) is 0 Å². The summed E-state index contributed by atoms with van der Waals surface area (Å²) in [7, 11) is 1.27. The third-order valence-corrected chi connectivity index (χ3v) is 4.71. The van der Waals surface area contributed by atoms with E-state index in [0.29, 0.717) is 22.0 Å². The molecule has 166 valence electrons. The van der Waals surface area contributed by atoms with Gasteiger partial charge in [-0.1, -0.05) is 30.3 Å². The molecule has 1 amide bonds. The van der Waals surface area contributed by atoms with Gasteiger partial charge in [-0.15, -0.1) is 0 Å². The highest BCUT2D eigenvalue weighted by molar-refractivity contribution is 6.07. The Morgan fingerprint density at radius 3 is 2.34 bits per heavy atom. The van der Waals surface area contributed by atoms with Gasteiger partial charge in [0.25, 0.3) is 5.91 Å². The molecule has 0 aliphatic heterocycles. The molecule has 7 nitrogen and oxygen atoms in total. The molecule has 0 aliphatic rings. The summed E-state index contributed by atoms with van der Waals surface area (Å²) >= 11 is 0. The number of para-hydroxylation sites is 1. The Morgan fingerprint density at radius 2 is 1.69 bits per heavy atom. The summed E-state index contributed by atoms with van der Waals surface area (Å²) in [6.45, 7) is 5.40. The fourth-order valence-electron chi connectivity index (χ4n) is 3.22. The predicted molar refractivity (Wildman–Crippen MR) is 120 cm³/mol. The van der Waals surface area contributed by atoms with Crippen LogP contribution in [0.2, 0.25) is 0 Å². The molecule has 0 aliphatic carbocycles. The lowest BCUT2D eigenvalue weighted by molar-refractivity contribution is -0.142. The zero-order chi connectivity index (χ0) is 23.3. The van der Waals surface area contributed by atoms with Gasteiger partial charge in [0, 0.05) is 18.0 Å². The molecule has 1 atom stereocenters. The van der Waals surface area contributed by atoms with Crippen LogP contribution >= 0.6 is 0 Å². The lowest BCUT2D eigenvalue weighted by atomic mass is 10.0. The minimum absolute atomic E-state index is 0.204. The first kappa shape index (κ1) is 22.9. The number of esters is 2. The Balaban J connectivity index is 1.77. The number of nitrogens with one attached hydrogen (secondary N) is 1. The molecule has 1 heterocycles. The normalized spacial score (nSPS) is 12.1. The van der Waals surface area contributed by atoms with Crippen molar-refractivity contribution in [2.24, 2.45) is 0 Å². The molecular weight excluding hydrogens is 408 g/mol. The van der Waals surface area contributed by atoms with Crippen LogP contribution in [0.15, 0.2) is 60.8 Å². The van der Waals surface area contributed by atoms with Crippen LogP contribution in [0, 0.1) is 0 Å². The number of methoxy groups -OCH3 is 1. The molecule has 0 saturated carbocycles. The summed E-state index contributed by atoms with van der Waals surface area (Å²) in [5.41, 5.74) is 1.68. The molecular formula is C25H26N2O5. The third kappa shape index (κ3) is 5.69.